The van der Waals surface area contributed by atoms with E-state index in [1.165, 1.54) is 68.9 Å². The van der Waals surface area contributed by atoms with Crippen LogP contribution in [0.1, 0.15) is 93.7 Å². The van der Waals surface area contributed by atoms with Gasteiger partial charge in [0.1, 0.15) is 5.75 Å². The third-order valence-electron chi connectivity index (χ3n) is 7.91. The molecular formula is C32H48NO6P. The molecule has 0 unspecified atom stereocenters. The van der Waals surface area contributed by atoms with E-state index in [2.05, 4.69) is 28.8 Å². The standard InChI is InChI=1S/C32H48NO6P/c1-38-31-21-19-30(20-22-31)26-33(23-24-39-40(35,36)37)32(34)18-9-8-15-29-17-10-16-28(25-29)14-7-3-6-13-27-11-4-2-5-12-27/h10,16-17,19-22,25,27H,2-9,11-15,18,23-24,26H2,1H3,(H2,35,36,37). The molecule has 2 aromatic carbocycles. The molecule has 222 valence electrons. The Hall–Kier alpha value is -2.18. The van der Waals surface area contributed by atoms with Gasteiger partial charge in [-0.05, 0) is 66.8 Å². The molecule has 1 aliphatic carbocycles. The van der Waals surface area contributed by atoms with Gasteiger partial charge in [0, 0.05) is 19.5 Å². The normalized spacial score (nSPS) is 14.3. The molecule has 0 saturated heterocycles. The Morgan fingerprint density at radius 1 is 0.900 bits per heavy atom. The molecule has 0 heterocycles. The number of nitrogens with zero attached hydrogens (tertiary/aromatic N) is 1. The first-order valence-electron chi connectivity index (χ1n) is 15.0. The molecule has 1 fully saturated rings. The summed E-state index contributed by atoms with van der Waals surface area (Å²) in [7, 11) is -2.98. The summed E-state index contributed by atoms with van der Waals surface area (Å²) >= 11 is 0. The van der Waals surface area contributed by atoms with Crippen LogP contribution >= 0.6 is 7.82 Å². The molecule has 2 aromatic rings. The first-order chi connectivity index (χ1) is 19.3. The summed E-state index contributed by atoms with van der Waals surface area (Å²) in [6.45, 7) is 0.230. The van der Waals surface area contributed by atoms with Crippen molar-refractivity contribution in [3.63, 3.8) is 0 Å². The van der Waals surface area contributed by atoms with Gasteiger partial charge in [-0.25, -0.2) is 4.57 Å². The molecule has 0 aliphatic heterocycles. The third-order valence-corrected chi connectivity index (χ3v) is 8.42. The zero-order valence-electron chi connectivity index (χ0n) is 24.1. The summed E-state index contributed by atoms with van der Waals surface area (Å²) in [5.41, 5.74) is 3.63. The smallest absolute Gasteiger partial charge is 0.469 e. The Kier molecular flexibility index (Phi) is 14.2. The molecule has 0 spiro atoms. The van der Waals surface area contributed by atoms with Crippen molar-refractivity contribution in [1.82, 2.24) is 4.90 Å². The molecule has 0 aromatic heterocycles. The predicted molar refractivity (Wildman–Crippen MR) is 159 cm³/mol. The number of phosphoric acid groups is 1. The van der Waals surface area contributed by atoms with Gasteiger partial charge >= 0.3 is 7.82 Å². The number of amides is 1. The molecule has 7 nitrogen and oxygen atoms in total. The van der Waals surface area contributed by atoms with Crippen molar-refractivity contribution in [2.45, 2.75) is 96.4 Å². The van der Waals surface area contributed by atoms with Gasteiger partial charge in [0.15, 0.2) is 0 Å². The first kappa shape index (κ1) is 32.3. The zero-order chi connectivity index (χ0) is 28.6. The van der Waals surface area contributed by atoms with Crippen LogP contribution in [0.2, 0.25) is 0 Å². The Labute approximate surface area is 240 Å². The number of phosphoric ester groups is 1. The van der Waals surface area contributed by atoms with Gasteiger partial charge in [-0.15, -0.1) is 0 Å². The number of aryl methyl sites for hydroxylation is 2. The van der Waals surface area contributed by atoms with E-state index in [4.69, 9.17) is 14.5 Å². The third kappa shape index (κ3) is 13.0. The van der Waals surface area contributed by atoms with Crippen molar-refractivity contribution in [1.29, 1.82) is 0 Å². The van der Waals surface area contributed by atoms with Crippen LogP contribution in [0.15, 0.2) is 48.5 Å². The largest absolute Gasteiger partial charge is 0.497 e. The van der Waals surface area contributed by atoms with Gasteiger partial charge in [-0.3, -0.25) is 9.32 Å². The summed E-state index contributed by atoms with van der Waals surface area (Å²) < 4.78 is 20.9. The lowest BCUT2D eigenvalue weighted by atomic mass is 9.85. The quantitative estimate of drug-likeness (QED) is 0.144. The predicted octanol–water partition coefficient (Wildman–Crippen LogP) is 7.23. The van der Waals surface area contributed by atoms with Crippen molar-refractivity contribution in [2.24, 2.45) is 5.92 Å². The minimum Gasteiger partial charge on any atom is -0.497 e. The van der Waals surface area contributed by atoms with E-state index in [-0.39, 0.29) is 19.1 Å². The van der Waals surface area contributed by atoms with Gasteiger partial charge in [-0.2, -0.15) is 0 Å². The minimum atomic E-state index is -4.58. The second-order valence-corrected chi connectivity index (χ2v) is 12.4. The van der Waals surface area contributed by atoms with E-state index < -0.39 is 7.82 Å². The van der Waals surface area contributed by atoms with Crippen LogP contribution in [0.25, 0.3) is 0 Å². The topological polar surface area (TPSA) is 96.3 Å². The number of carbonyl (C=O) groups excluding carboxylic acids is 1. The maximum Gasteiger partial charge on any atom is 0.469 e. The van der Waals surface area contributed by atoms with Crippen molar-refractivity contribution in [3.05, 3.63) is 65.2 Å². The Morgan fingerprint density at radius 2 is 1.57 bits per heavy atom. The lowest BCUT2D eigenvalue weighted by Crippen LogP contribution is -2.33. The van der Waals surface area contributed by atoms with Crippen LogP contribution < -0.4 is 4.74 Å². The van der Waals surface area contributed by atoms with Crippen molar-refractivity contribution in [3.8, 4) is 5.75 Å². The summed E-state index contributed by atoms with van der Waals surface area (Å²) in [6, 6.07) is 16.3. The molecule has 1 aliphatic rings. The van der Waals surface area contributed by atoms with Crippen molar-refractivity contribution in [2.75, 3.05) is 20.3 Å². The highest BCUT2D eigenvalue weighted by molar-refractivity contribution is 7.46. The van der Waals surface area contributed by atoms with Crippen LogP contribution in [0.5, 0.6) is 5.75 Å². The monoisotopic (exact) mass is 573 g/mol. The number of unbranched alkanes of at least 4 members (excludes halogenated alkanes) is 3. The lowest BCUT2D eigenvalue weighted by Gasteiger charge is -2.23. The van der Waals surface area contributed by atoms with E-state index in [1.54, 1.807) is 12.0 Å². The molecule has 0 radical (unpaired) electrons. The zero-order valence-corrected chi connectivity index (χ0v) is 25.0. The number of carbonyl (C=O) groups is 1. The van der Waals surface area contributed by atoms with E-state index >= 15 is 0 Å². The fourth-order valence-electron chi connectivity index (χ4n) is 5.63. The maximum atomic E-state index is 13.0. The number of ether oxygens (including phenoxy) is 1. The summed E-state index contributed by atoms with van der Waals surface area (Å²) in [4.78, 5) is 32.6. The van der Waals surface area contributed by atoms with Crippen LogP contribution in [0, 0.1) is 5.92 Å². The molecule has 1 amide bonds. The molecular weight excluding hydrogens is 525 g/mol. The molecule has 40 heavy (non-hydrogen) atoms. The van der Waals surface area contributed by atoms with E-state index in [1.807, 2.05) is 24.3 Å². The molecule has 0 atom stereocenters. The number of methoxy groups -OCH3 is 1. The molecule has 8 heteroatoms. The second kappa shape index (κ2) is 17.6. The Bertz CT molecular complexity index is 1050. The van der Waals surface area contributed by atoms with Gasteiger partial charge in [-0.1, -0.05) is 87.8 Å². The highest BCUT2D eigenvalue weighted by Gasteiger charge is 2.18. The number of benzene rings is 2. The van der Waals surface area contributed by atoms with Gasteiger partial charge < -0.3 is 19.4 Å². The number of hydrogen-bond acceptors (Lipinski definition) is 4. The fourth-order valence-corrected chi connectivity index (χ4v) is 5.95. The van der Waals surface area contributed by atoms with Crippen molar-refractivity contribution >= 4 is 13.7 Å². The maximum absolute atomic E-state index is 13.0. The highest BCUT2D eigenvalue weighted by atomic mass is 31.2. The molecule has 2 N–H and O–H groups in total. The Balaban J connectivity index is 1.39. The Morgan fingerprint density at radius 3 is 2.23 bits per heavy atom. The summed E-state index contributed by atoms with van der Waals surface area (Å²) in [5, 5.41) is 0. The first-order valence-corrected chi connectivity index (χ1v) is 16.5. The van der Waals surface area contributed by atoms with Crippen molar-refractivity contribution < 1.29 is 28.4 Å². The van der Waals surface area contributed by atoms with Gasteiger partial charge in [0.05, 0.1) is 13.7 Å². The van der Waals surface area contributed by atoms with Gasteiger partial charge in [0.25, 0.3) is 0 Å². The van der Waals surface area contributed by atoms with Crippen LogP contribution in [0.4, 0.5) is 0 Å². The van der Waals surface area contributed by atoms with Crippen LogP contribution in [0.3, 0.4) is 0 Å². The average molecular weight is 574 g/mol. The highest BCUT2D eigenvalue weighted by Crippen LogP contribution is 2.35. The summed E-state index contributed by atoms with van der Waals surface area (Å²) in [5.74, 6) is 1.66. The average Bonchev–Trinajstić information content (AvgIpc) is 2.95. The van der Waals surface area contributed by atoms with Gasteiger partial charge in [0.2, 0.25) is 5.91 Å². The molecule has 3 rings (SSSR count). The fraction of sp³-hybridized carbons (Fsp3) is 0.594. The van der Waals surface area contributed by atoms with E-state index in [0.29, 0.717) is 13.0 Å². The molecule has 1 saturated carbocycles. The number of rotatable bonds is 18. The molecule has 0 bridgehead atoms. The van der Waals surface area contributed by atoms with E-state index in [0.717, 1.165) is 42.9 Å². The van der Waals surface area contributed by atoms with Crippen LogP contribution in [-0.2, 0) is 33.3 Å². The lowest BCUT2D eigenvalue weighted by molar-refractivity contribution is -0.132. The SMILES string of the molecule is COc1ccc(CN(CCOP(=O)(O)O)C(=O)CCCCc2cccc(CCCCCC3CCCCC3)c2)cc1. The van der Waals surface area contributed by atoms with E-state index in [9.17, 15) is 9.36 Å². The second-order valence-electron chi connectivity index (χ2n) is 11.1. The minimum absolute atomic E-state index is 0.0490. The number of hydrogen-bond donors (Lipinski definition) is 2. The van der Waals surface area contributed by atoms with Crippen LogP contribution in [-0.4, -0.2) is 40.9 Å². The summed E-state index contributed by atoms with van der Waals surface area (Å²) in [6.07, 6.45) is 16.6.